The van der Waals surface area contributed by atoms with E-state index in [1.54, 1.807) is 14.2 Å². The maximum absolute atomic E-state index is 10.5. The predicted molar refractivity (Wildman–Crippen MR) is 94.9 cm³/mol. The van der Waals surface area contributed by atoms with E-state index in [0.717, 1.165) is 42.0 Å². The first-order chi connectivity index (χ1) is 11.7. The molecule has 3 rings (SSSR count). The zero-order valence-corrected chi connectivity index (χ0v) is 14.3. The minimum absolute atomic E-state index is 0.0298. The average Bonchev–Trinajstić information content (AvgIpc) is 2.62. The van der Waals surface area contributed by atoms with Crippen LogP contribution in [0.2, 0.25) is 0 Å². The minimum Gasteiger partial charge on any atom is -0.496 e. The fraction of sp³-hybridized carbons (Fsp3) is 0.400. The Morgan fingerprint density at radius 1 is 0.958 bits per heavy atom. The van der Waals surface area contributed by atoms with Crippen LogP contribution in [-0.2, 0) is 19.3 Å². The number of ether oxygens (including phenoxy) is 2. The summed E-state index contributed by atoms with van der Waals surface area (Å²) in [5.74, 6) is 1.69. The van der Waals surface area contributed by atoms with Crippen molar-refractivity contribution in [3.05, 3.63) is 59.2 Å². The highest BCUT2D eigenvalue weighted by molar-refractivity contribution is 5.51. The standard InChI is InChI=1S/C20H25NO3/c1-23-19-8-9-20(24-2)16-13-18(22)17(12-15(16)19)21-11-10-14-6-4-3-5-7-14/h3-9,17-18,21-22H,10-13H2,1-2H3/t17-,18-/m0/s1. The molecule has 4 heteroatoms. The predicted octanol–water partition coefficient (Wildman–Crippen LogP) is 2.36. The molecule has 0 bridgehead atoms. The molecule has 1 aliphatic rings. The number of rotatable bonds is 6. The van der Waals surface area contributed by atoms with E-state index in [0.29, 0.717) is 6.42 Å². The molecule has 128 valence electrons. The molecular formula is C20H25NO3. The first kappa shape index (κ1) is 16.8. The highest BCUT2D eigenvalue weighted by Gasteiger charge is 2.30. The second-order valence-corrected chi connectivity index (χ2v) is 6.20. The Labute approximate surface area is 143 Å². The van der Waals surface area contributed by atoms with Gasteiger partial charge < -0.3 is 19.9 Å². The Morgan fingerprint density at radius 3 is 2.21 bits per heavy atom. The van der Waals surface area contributed by atoms with Gasteiger partial charge in [0.25, 0.3) is 0 Å². The summed E-state index contributed by atoms with van der Waals surface area (Å²) in [6, 6.07) is 14.3. The molecule has 24 heavy (non-hydrogen) atoms. The molecule has 0 amide bonds. The summed E-state index contributed by atoms with van der Waals surface area (Å²) in [5, 5.41) is 14.0. The van der Waals surface area contributed by atoms with Crippen molar-refractivity contribution in [2.45, 2.75) is 31.4 Å². The minimum atomic E-state index is -0.422. The molecule has 4 nitrogen and oxygen atoms in total. The van der Waals surface area contributed by atoms with E-state index in [-0.39, 0.29) is 6.04 Å². The monoisotopic (exact) mass is 327 g/mol. The fourth-order valence-corrected chi connectivity index (χ4v) is 3.44. The fourth-order valence-electron chi connectivity index (χ4n) is 3.44. The third-order valence-electron chi connectivity index (χ3n) is 4.75. The van der Waals surface area contributed by atoms with Gasteiger partial charge in [-0.25, -0.2) is 0 Å². The molecular weight excluding hydrogens is 302 g/mol. The van der Waals surface area contributed by atoms with Crippen LogP contribution in [0.5, 0.6) is 11.5 Å². The van der Waals surface area contributed by atoms with Crippen molar-refractivity contribution in [1.82, 2.24) is 5.32 Å². The van der Waals surface area contributed by atoms with Crippen LogP contribution in [-0.4, -0.2) is 38.0 Å². The number of aliphatic hydroxyl groups is 1. The molecule has 0 unspecified atom stereocenters. The first-order valence-corrected chi connectivity index (χ1v) is 8.41. The maximum Gasteiger partial charge on any atom is 0.122 e. The molecule has 0 aromatic heterocycles. The van der Waals surface area contributed by atoms with E-state index in [9.17, 15) is 5.11 Å². The SMILES string of the molecule is COc1ccc(OC)c2c1C[C@H](NCCc1ccccc1)[C@@H](O)C2. The summed E-state index contributed by atoms with van der Waals surface area (Å²) in [4.78, 5) is 0. The zero-order valence-electron chi connectivity index (χ0n) is 14.3. The molecule has 2 aromatic rings. The van der Waals surface area contributed by atoms with Crippen LogP contribution in [0.3, 0.4) is 0 Å². The molecule has 0 saturated heterocycles. The molecule has 0 fully saturated rings. The summed E-state index contributed by atoms with van der Waals surface area (Å²) in [6.07, 6.45) is 1.85. The van der Waals surface area contributed by atoms with Crippen LogP contribution in [0, 0.1) is 0 Å². The van der Waals surface area contributed by atoms with Gasteiger partial charge in [-0.3, -0.25) is 0 Å². The summed E-state index contributed by atoms with van der Waals surface area (Å²) in [7, 11) is 3.35. The van der Waals surface area contributed by atoms with E-state index in [4.69, 9.17) is 9.47 Å². The number of hydrogen-bond donors (Lipinski definition) is 2. The topological polar surface area (TPSA) is 50.7 Å². The van der Waals surface area contributed by atoms with Crippen LogP contribution in [0.4, 0.5) is 0 Å². The number of nitrogens with one attached hydrogen (secondary N) is 1. The van der Waals surface area contributed by atoms with Crippen molar-refractivity contribution in [2.75, 3.05) is 20.8 Å². The molecule has 2 aromatic carbocycles. The summed E-state index contributed by atoms with van der Waals surface area (Å²) < 4.78 is 11.0. The normalized spacial score (nSPS) is 19.6. The van der Waals surface area contributed by atoms with Crippen molar-refractivity contribution in [1.29, 1.82) is 0 Å². The number of aliphatic hydroxyl groups excluding tert-OH is 1. The largest absolute Gasteiger partial charge is 0.496 e. The maximum atomic E-state index is 10.5. The molecule has 0 spiro atoms. The number of fused-ring (bicyclic) bond motifs is 1. The lowest BCUT2D eigenvalue weighted by Crippen LogP contribution is -2.46. The van der Waals surface area contributed by atoms with Gasteiger partial charge in [-0.15, -0.1) is 0 Å². The Morgan fingerprint density at radius 2 is 1.58 bits per heavy atom. The van der Waals surface area contributed by atoms with Crippen molar-refractivity contribution >= 4 is 0 Å². The second kappa shape index (κ2) is 7.69. The Hall–Kier alpha value is -2.04. The van der Waals surface area contributed by atoms with Crippen LogP contribution >= 0.6 is 0 Å². The lowest BCUT2D eigenvalue weighted by atomic mass is 9.85. The second-order valence-electron chi connectivity index (χ2n) is 6.20. The van der Waals surface area contributed by atoms with Crippen molar-refractivity contribution in [2.24, 2.45) is 0 Å². The quantitative estimate of drug-likeness (QED) is 0.855. The van der Waals surface area contributed by atoms with Gasteiger partial charge >= 0.3 is 0 Å². The van der Waals surface area contributed by atoms with Gasteiger partial charge in [0.1, 0.15) is 11.5 Å². The van der Waals surface area contributed by atoms with E-state index in [2.05, 4.69) is 29.6 Å². The van der Waals surface area contributed by atoms with Gasteiger partial charge in [-0.05, 0) is 37.1 Å². The van der Waals surface area contributed by atoms with Gasteiger partial charge in [0.15, 0.2) is 0 Å². The Bertz CT molecular complexity index is 672. The summed E-state index contributed by atoms with van der Waals surface area (Å²) in [6.45, 7) is 0.841. The van der Waals surface area contributed by atoms with Crippen LogP contribution in [0.1, 0.15) is 16.7 Å². The molecule has 0 radical (unpaired) electrons. The third kappa shape index (κ3) is 3.55. The number of hydrogen-bond acceptors (Lipinski definition) is 4. The van der Waals surface area contributed by atoms with E-state index < -0.39 is 6.10 Å². The highest BCUT2D eigenvalue weighted by Crippen LogP contribution is 2.36. The molecule has 2 N–H and O–H groups in total. The van der Waals surface area contributed by atoms with Crippen LogP contribution in [0.15, 0.2) is 42.5 Å². The van der Waals surface area contributed by atoms with Gasteiger partial charge in [-0.1, -0.05) is 30.3 Å². The van der Waals surface area contributed by atoms with Gasteiger partial charge in [0.2, 0.25) is 0 Å². The molecule has 0 saturated carbocycles. The summed E-state index contributed by atoms with van der Waals surface area (Å²) >= 11 is 0. The smallest absolute Gasteiger partial charge is 0.122 e. The van der Waals surface area contributed by atoms with Crippen molar-refractivity contribution in [3.63, 3.8) is 0 Å². The first-order valence-electron chi connectivity index (χ1n) is 8.41. The van der Waals surface area contributed by atoms with Crippen LogP contribution in [0.25, 0.3) is 0 Å². The van der Waals surface area contributed by atoms with E-state index in [1.165, 1.54) is 5.56 Å². The van der Waals surface area contributed by atoms with Crippen molar-refractivity contribution < 1.29 is 14.6 Å². The number of benzene rings is 2. The average molecular weight is 327 g/mol. The van der Waals surface area contributed by atoms with E-state index in [1.807, 2.05) is 18.2 Å². The van der Waals surface area contributed by atoms with Gasteiger partial charge in [-0.2, -0.15) is 0 Å². The molecule has 0 heterocycles. The number of methoxy groups -OCH3 is 2. The van der Waals surface area contributed by atoms with Gasteiger partial charge in [0, 0.05) is 23.6 Å². The highest BCUT2D eigenvalue weighted by atomic mass is 16.5. The van der Waals surface area contributed by atoms with Crippen LogP contribution < -0.4 is 14.8 Å². The molecule has 2 atom stereocenters. The van der Waals surface area contributed by atoms with Gasteiger partial charge in [0.05, 0.1) is 20.3 Å². The Balaban J connectivity index is 1.69. The molecule has 1 aliphatic carbocycles. The van der Waals surface area contributed by atoms with Crippen molar-refractivity contribution in [3.8, 4) is 11.5 Å². The Kier molecular flexibility index (Phi) is 5.38. The summed E-state index contributed by atoms with van der Waals surface area (Å²) in [5.41, 5.74) is 3.50. The third-order valence-corrected chi connectivity index (χ3v) is 4.75. The zero-order chi connectivity index (χ0) is 16.9. The lowest BCUT2D eigenvalue weighted by Gasteiger charge is -2.32. The van der Waals surface area contributed by atoms with E-state index >= 15 is 0 Å². The lowest BCUT2D eigenvalue weighted by molar-refractivity contribution is 0.118. The molecule has 0 aliphatic heterocycles.